The number of carbonyl (C=O) groups is 1. The summed E-state index contributed by atoms with van der Waals surface area (Å²) in [6.45, 7) is 5.28. The van der Waals surface area contributed by atoms with Gasteiger partial charge >= 0.3 is 0 Å². The van der Waals surface area contributed by atoms with Crippen LogP contribution in [0.4, 0.5) is 15.8 Å². The summed E-state index contributed by atoms with van der Waals surface area (Å²) in [5.41, 5.74) is 2.34. The number of hydrogen-bond acceptors (Lipinski definition) is 5. The summed E-state index contributed by atoms with van der Waals surface area (Å²) in [5, 5.41) is 0. The number of anilines is 2. The molecule has 0 saturated heterocycles. The maximum atomic E-state index is 13.3. The zero-order chi connectivity index (χ0) is 21.3. The van der Waals surface area contributed by atoms with E-state index in [9.17, 15) is 9.18 Å². The van der Waals surface area contributed by atoms with Gasteiger partial charge in [-0.25, -0.2) is 0 Å². The van der Waals surface area contributed by atoms with E-state index in [-0.39, 0.29) is 6.29 Å². The lowest BCUT2D eigenvalue weighted by Gasteiger charge is -2.28. The van der Waals surface area contributed by atoms with Gasteiger partial charge in [-0.2, -0.15) is 4.39 Å². The molecule has 2 aromatic carbocycles. The molecule has 0 aliphatic carbocycles. The molecule has 0 fully saturated rings. The number of hydrogen-bond donors (Lipinski definition) is 0. The van der Waals surface area contributed by atoms with Crippen LogP contribution >= 0.6 is 23.5 Å². The van der Waals surface area contributed by atoms with E-state index in [0.717, 1.165) is 39.8 Å². The van der Waals surface area contributed by atoms with Gasteiger partial charge in [0.25, 0.3) is 0 Å². The van der Waals surface area contributed by atoms with Gasteiger partial charge in [-0.3, -0.25) is 4.79 Å². The molecular formula is C24H28FNO2S2. The van der Waals surface area contributed by atoms with Crippen molar-refractivity contribution in [2.75, 3.05) is 23.0 Å². The number of allylic oxidation sites excluding steroid dienone is 1. The summed E-state index contributed by atoms with van der Waals surface area (Å²) in [7, 11) is 0. The van der Waals surface area contributed by atoms with E-state index >= 15 is 0 Å². The number of halogens is 1. The molecule has 0 aromatic heterocycles. The van der Waals surface area contributed by atoms with Crippen LogP contribution in [-0.4, -0.2) is 24.3 Å². The average Bonchev–Trinajstić information content (AvgIpc) is 2.96. The van der Waals surface area contributed by atoms with E-state index in [1.807, 2.05) is 23.9 Å². The lowest BCUT2D eigenvalue weighted by Crippen LogP contribution is -2.25. The van der Waals surface area contributed by atoms with Gasteiger partial charge in [0.2, 0.25) is 0 Å². The Morgan fingerprint density at radius 3 is 2.80 bits per heavy atom. The van der Waals surface area contributed by atoms with Crippen molar-refractivity contribution >= 4 is 41.2 Å². The zero-order valence-corrected chi connectivity index (χ0v) is 19.1. The topological polar surface area (TPSA) is 29.5 Å². The molecule has 2 aromatic rings. The number of rotatable bonds is 9. The van der Waals surface area contributed by atoms with E-state index in [1.54, 1.807) is 11.8 Å². The molecule has 1 aliphatic heterocycles. The second-order valence-corrected chi connectivity index (χ2v) is 9.57. The fourth-order valence-electron chi connectivity index (χ4n) is 3.50. The molecule has 3 rings (SSSR count). The lowest BCUT2D eigenvalue weighted by atomic mass is 10.0. The van der Waals surface area contributed by atoms with Crippen molar-refractivity contribution in [1.82, 2.24) is 0 Å². The fourth-order valence-corrected chi connectivity index (χ4v) is 5.45. The minimum Gasteiger partial charge on any atom is -0.461 e. The van der Waals surface area contributed by atoms with E-state index in [2.05, 4.69) is 49.1 Å². The molecule has 0 amide bonds. The lowest BCUT2D eigenvalue weighted by molar-refractivity contribution is -0.106. The third-order valence-electron chi connectivity index (χ3n) is 4.98. The molecule has 0 bridgehead atoms. The Kier molecular flexibility index (Phi) is 8.70. The van der Waals surface area contributed by atoms with Crippen LogP contribution in [0.3, 0.4) is 0 Å². The predicted molar refractivity (Wildman–Crippen MR) is 126 cm³/mol. The Labute approximate surface area is 187 Å². The number of ether oxygens (including phenoxy) is 1. The van der Waals surface area contributed by atoms with Crippen molar-refractivity contribution in [3.8, 4) is 5.75 Å². The molecule has 0 radical (unpaired) electrons. The fraction of sp³-hybridized carbons (Fsp3) is 0.375. The molecule has 0 saturated carbocycles. The number of carbonyl (C=O) groups excluding carboxylic acids is 1. The molecule has 1 aliphatic rings. The number of aldehydes is 1. The Morgan fingerprint density at radius 2 is 2.10 bits per heavy atom. The largest absolute Gasteiger partial charge is 0.461 e. The second kappa shape index (κ2) is 11.5. The minimum absolute atomic E-state index is 0.153. The monoisotopic (exact) mass is 445 g/mol. The first-order valence-electron chi connectivity index (χ1n) is 10.4. The molecule has 1 heterocycles. The summed E-state index contributed by atoms with van der Waals surface area (Å²) in [6.07, 6.45) is 4.66. The standard InChI is InChI=1S/C24H28FNO2S2/c1-3-5-9-18-14-26(20-10-7-6-8-11-20)21-12-24(29-4-2)22(13-23(21)30-17-18)28-16-19(25)15-27/h6-8,10-13,15-16,18H,3-5,9,14,17H2,1-2H3/b19-16-. The van der Waals surface area contributed by atoms with Crippen molar-refractivity contribution < 1.29 is 13.9 Å². The van der Waals surface area contributed by atoms with Gasteiger partial charge in [0, 0.05) is 22.9 Å². The molecule has 0 N–H and O–H groups in total. The van der Waals surface area contributed by atoms with Gasteiger partial charge in [-0.1, -0.05) is 44.9 Å². The van der Waals surface area contributed by atoms with E-state index < -0.39 is 5.83 Å². The van der Waals surface area contributed by atoms with Crippen LogP contribution in [0.15, 0.2) is 64.3 Å². The second-order valence-electron chi connectivity index (χ2n) is 7.20. The smallest absolute Gasteiger partial charge is 0.197 e. The van der Waals surface area contributed by atoms with Crippen LogP contribution in [0, 0.1) is 5.92 Å². The van der Waals surface area contributed by atoms with Gasteiger partial charge in [-0.15, -0.1) is 23.5 Å². The van der Waals surface area contributed by atoms with Crippen LogP contribution in [-0.2, 0) is 4.79 Å². The van der Waals surface area contributed by atoms with Crippen molar-refractivity contribution in [1.29, 1.82) is 0 Å². The van der Waals surface area contributed by atoms with E-state index in [0.29, 0.717) is 11.7 Å². The number of para-hydroxylation sites is 1. The number of benzene rings is 2. The normalized spacial score (nSPS) is 16.7. The van der Waals surface area contributed by atoms with E-state index in [1.165, 1.54) is 24.9 Å². The van der Waals surface area contributed by atoms with Gasteiger partial charge in [0.1, 0.15) is 12.0 Å². The zero-order valence-electron chi connectivity index (χ0n) is 17.5. The van der Waals surface area contributed by atoms with Crippen LogP contribution in [0.1, 0.15) is 33.1 Å². The number of nitrogens with zero attached hydrogens (tertiary/aromatic N) is 1. The van der Waals surface area contributed by atoms with Gasteiger partial charge in [0.15, 0.2) is 12.1 Å². The summed E-state index contributed by atoms with van der Waals surface area (Å²) in [5.74, 6) is 2.16. The van der Waals surface area contributed by atoms with Crippen molar-refractivity contribution in [3.63, 3.8) is 0 Å². The Hall–Kier alpha value is -1.92. The predicted octanol–water partition coefficient (Wildman–Crippen LogP) is 7.24. The third kappa shape index (κ3) is 5.82. The number of unbranched alkanes of at least 4 members (excludes halogenated alkanes) is 1. The summed E-state index contributed by atoms with van der Waals surface area (Å²) in [6, 6.07) is 14.6. The quantitative estimate of drug-likeness (QED) is 0.176. The van der Waals surface area contributed by atoms with Gasteiger partial charge in [0.05, 0.1) is 10.6 Å². The molecule has 0 spiro atoms. The average molecular weight is 446 g/mol. The van der Waals surface area contributed by atoms with Crippen LogP contribution in [0.5, 0.6) is 5.75 Å². The first kappa shape index (κ1) is 22.8. The van der Waals surface area contributed by atoms with Crippen LogP contribution in [0.25, 0.3) is 0 Å². The highest BCUT2D eigenvalue weighted by atomic mass is 32.2. The molecule has 1 unspecified atom stereocenters. The summed E-state index contributed by atoms with van der Waals surface area (Å²) in [4.78, 5) is 15.1. The van der Waals surface area contributed by atoms with E-state index in [4.69, 9.17) is 4.74 Å². The first-order chi connectivity index (χ1) is 14.7. The summed E-state index contributed by atoms with van der Waals surface area (Å²) < 4.78 is 18.9. The first-order valence-corrected chi connectivity index (χ1v) is 12.4. The van der Waals surface area contributed by atoms with Crippen molar-refractivity contribution in [2.24, 2.45) is 5.92 Å². The maximum Gasteiger partial charge on any atom is 0.197 e. The highest BCUT2D eigenvalue weighted by Crippen LogP contribution is 2.45. The Bertz CT molecular complexity index is 873. The van der Waals surface area contributed by atoms with Gasteiger partial charge in [-0.05, 0) is 42.4 Å². The molecule has 1 atom stereocenters. The SMILES string of the molecule is CCCCC1CSc2cc(O/C=C(\F)C=O)c(SCC)cc2N(c2ccccc2)C1. The third-order valence-corrected chi connectivity index (χ3v) is 7.17. The molecule has 6 heteroatoms. The Morgan fingerprint density at radius 1 is 1.30 bits per heavy atom. The minimum atomic E-state index is -0.921. The number of thioether (sulfide) groups is 2. The highest BCUT2D eigenvalue weighted by molar-refractivity contribution is 7.99. The summed E-state index contributed by atoms with van der Waals surface area (Å²) >= 11 is 3.48. The number of fused-ring (bicyclic) bond motifs is 1. The highest BCUT2D eigenvalue weighted by Gasteiger charge is 2.25. The van der Waals surface area contributed by atoms with Gasteiger partial charge < -0.3 is 9.64 Å². The maximum absolute atomic E-state index is 13.3. The van der Waals surface area contributed by atoms with Crippen molar-refractivity contribution in [2.45, 2.75) is 42.9 Å². The van der Waals surface area contributed by atoms with Crippen LogP contribution < -0.4 is 9.64 Å². The Balaban J connectivity index is 2.03. The molecular weight excluding hydrogens is 417 g/mol. The van der Waals surface area contributed by atoms with Crippen LogP contribution in [0.2, 0.25) is 0 Å². The molecule has 3 nitrogen and oxygen atoms in total. The van der Waals surface area contributed by atoms with Crippen molar-refractivity contribution in [3.05, 3.63) is 54.6 Å². The molecule has 30 heavy (non-hydrogen) atoms. The molecule has 160 valence electrons.